The second kappa shape index (κ2) is 7.38. The Bertz CT molecular complexity index is 639. The summed E-state index contributed by atoms with van der Waals surface area (Å²) in [5.74, 6) is 0.970. The van der Waals surface area contributed by atoms with Gasteiger partial charge in [0.25, 0.3) is 0 Å². The molecule has 0 spiro atoms. The van der Waals surface area contributed by atoms with E-state index in [0.717, 1.165) is 37.6 Å². The Balaban J connectivity index is 1.54. The van der Waals surface area contributed by atoms with Crippen LogP contribution in [0.15, 0.2) is 29.9 Å². The molecule has 2 aromatic rings. The van der Waals surface area contributed by atoms with Crippen LogP contribution in [0.4, 0.5) is 15.7 Å². The predicted molar refractivity (Wildman–Crippen MR) is 91.9 cm³/mol. The van der Waals surface area contributed by atoms with Crippen LogP contribution in [0.1, 0.15) is 5.56 Å². The van der Waals surface area contributed by atoms with Gasteiger partial charge in [-0.1, -0.05) is 0 Å². The second-order valence-corrected chi connectivity index (χ2v) is 6.35. The van der Waals surface area contributed by atoms with E-state index in [4.69, 9.17) is 0 Å². The van der Waals surface area contributed by atoms with E-state index in [1.54, 1.807) is 12.4 Å². The quantitative estimate of drug-likeness (QED) is 0.890. The van der Waals surface area contributed by atoms with E-state index in [1.165, 1.54) is 11.3 Å². The zero-order valence-electron chi connectivity index (χ0n) is 13.0. The number of piperazine rings is 1. The number of pyridine rings is 1. The van der Waals surface area contributed by atoms with E-state index < -0.39 is 0 Å². The number of nitrogens with one attached hydrogen (secondary N) is 2. The Kier molecular flexibility index (Phi) is 5.04. The summed E-state index contributed by atoms with van der Waals surface area (Å²) < 4.78 is 0. The minimum atomic E-state index is -0.252. The van der Waals surface area contributed by atoms with Crippen LogP contribution in [0.5, 0.6) is 0 Å². The summed E-state index contributed by atoms with van der Waals surface area (Å²) >= 11 is 1.39. The van der Waals surface area contributed by atoms with Gasteiger partial charge in [-0.3, -0.25) is 5.32 Å². The maximum absolute atomic E-state index is 11.8. The third-order valence-corrected chi connectivity index (χ3v) is 4.43. The van der Waals surface area contributed by atoms with Crippen LogP contribution < -0.4 is 15.5 Å². The number of aromatic nitrogens is 2. The van der Waals surface area contributed by atoms with Gasteiger partial charge in [0.05, 0.1) is 0 Å². The van der Waals surface area contributed by atoms with Crippen molar-refractivity contribution in [2.24, 2.45) is 0 Å². The van der Waals surface area contributed by atoms with Gasteiger partial charge in [0, 0.05) is 50.5 Å². The van der Waals surface area contributed by atoms with E-state index in [9.17, 15) is 4.79 Å². The van der Waals surface area contributed by atoms with Crippen molar-refractivity contribution in [1.29, 1.82) is 0 Å². The molecule has 0 unspecified atom stereocenters. The monoisotopic (exact) mass is 332 g/mol. The first-order chi connectivity index (χ1) is 11.2. The number of thiazole rings is 1. The van der Waals surface area contributed by atoms with Gasteiger partial charge in [-0.15, -0.1) is 11.3 Å². The molecule has 0 saturated carbocycles. The van der Waals surface area contributed by atoms with Crippen molar-refractivity contribution in [3.8, 4) is 0 Å². The highest BCUT2D eigenvalue weighted by Crippen LogP contribution is 2.15. The number of amides is 2. The smallest absolute Gasteiger partial charge is 0.321 e. The molecule has 0 radical (unpaired) electrons. The van der Waals surface area contributed by atoms with Gasteiger partial charge in [-0.05, 0) is 24.7 Å². The first-order valence-electron chi connectivity index (χ1n) is 7.53. The van der Waals surface area contributed by atoms with Crippen molar-refractivity contribution in [3.63, 3.8) is 0 Å². The largest absolute Gasteiger partial charge is 0.354 e. The van der Waals surface area contributed by atoms with Crippen molar-refractivity contribution in [1.82, 2.24) is 20.2 Å². The number of hydrogen-bond acceptors (Lipinski definition) is 6. The number of anilines is 2. The molecule has 7 nitrogen and oxygen atoms in total. The van der Waals surface area contributed by atoms with Crippen molar-refractivity contribution < 1.29 is 4.79 Å². The molecule has 2 amide bonds. The molecule has 122 valence electrons. The summed E-state index contributed by atoms with van der Waals surface area (Å²) in [6.45, 7) is 4.50. The van der Waals surface area contributed by atoms with E-state index in [2.05, 4.69) is 37.4 Å². The Labute approximate surface area is 139 Å². The average molecular weight is 332 g/mol. The van der Waals surface area contributed by atoms with E-state index >= 15 is 0 Å². The molecule has 23 heavy (non-hydrogen) atoms. The Morgan fingerprint density at radius 3 is 2.83 bits per heavy atom. The summed E-state index contributed by atoms with van der Waals surface area (Å²) in [6.07, 6.45) is 3.45. The van der Waals surface area contributed by atoms with Crippen molar-refractivity contribution >= 4 is 28.3 Å². The van der Waals surface area contributed by atoms with Gasteiger partial charge in [-0.25, -0.2) is 14.8 Å². The summed E-state index contributed by atoms with van der Waals surface area (Å²) in [6, 6.07) is 3.70. The van der Waals surface area contributed by atoms with Crippen LogP contribution in [-0.2, 0) is 6.54 Å². The van der Waals surface area contributed by atoms with Crippen LogP contribution in [0, 0.1) is 0 Å². The van der Waals surface area contributed by atoms with Gasteiger partial charge in [0.1, 0.15) is 5.82 Å². The van der Waals surface area contributed by atoms with Crippen LogP contribution in [0.25, 0.3) is 0 Å². The Morgan fingerprint density at radius 2 is 2.09 bits per heavy atom. The molecule has 1 saturated heterocycles. The topological polar surface area (TPSA) is 73.4 Å². The van der Waals surface area contributed by atoms with Gasteiger partial charge in [-0.2, -0.15) is 0 Å². The molecule has 0 atom stereocenters. The first kappa shape index (κ1) is 15.7. The normalized spacial score (nSPS) is 15.4. The third kappa shape index (κ3) is 4.40. The lowest BCUT2D eigenvalue weighted by atomic mass is 10.2. The number of rotatable bonds is 4. The van der Waals surface area contributed by atoms with Crippen LogP contribution in [0.3, 0.4) is 0 Å². The van der Waals surface area contributed by atoms with Crippen LogP contribution in [0.2, 0.25) is 0 Å². The maximum Gasteiger partial charge on any atom is 0.321 e. The average Bonchev–Trinajstić information content (AvgIpc) is 3.07. The van der Waals surface area contributed by atoms with Crippen molar-refractivity contribution in [2.75, 3.05) is 43.4 Å². The first-order valence-corrected chi connectivity index (χ1v) is 8.41. The highest BCUT2D eigenvalue weighted by molar-refractivity contribution is 7.13. The summed E-state index contributed by atoms with van der Waals surface area (Å²) in [5, 5.41) is 7.95. The number of nitrogens with zero attached hydrogens (tertiary/aromatic N) is 4. The zero-order valence-corrected chi connectivity index (χ0v) is 13.8. The number of urea groups is 1. The predicted octanol–water partition coefficient (Wildman–Crippen LogP) is 1.61. The minimum Gasteiger partial charge on any atom is -0.354 e. The van der Waals surface area contributed by atoms with Gasteiger partial charge >= 0.3 is 6.03 Å². The van der Waals surface area contributed by atoms with Gasteiger partial charge < -0.3 is 15.1 Å². The maximum atomic E-state index is 11.8. The van der Waals surface area contributed by atoms with Crippen molar-refractivity contribution in [3.05, 3.63) is 35.5 Å². The van der Waals surface area contributed by atoms with E-state index in [1.807, 2.05) is 17.5 Å². The molecule has 2 aromatic heterocycles. The van der Waals surface area contributed by atoms with Gasteiger partial charge in [0.2, 0.25) is 0 Å². The molecule has 8 heteroatoms. The minimum absolute atomic E-state index is 0.252. The Morgan fingerprint density at radius 1 is 1.26 bits per heavy atom. The number of carbonyl (C=O) groups is 1. The molecule has 3 heterocycles. The zero-order chi connectivity index (χ0) is 16.1. The standard InChI is InChI=1S/C15H20N6OS/c1-20-5-7-21(8-6-20)13-10-12(2-3-16-13)11-18-14(22)19-15-17-4-9-23-15/h2-4,9-10H,5-8,11H2,1H3,(H2,17,18,19,22). The van der Waals surface area contributed by atoms with Crippen LogP contribution in [-0.4, -0.2) is 54.1 Å². The lowest BCUT2D eigenvalue weighted by Gasteiger charge is -2.33. The van der Waals surface area contributed by atoms with E-state index in [0.29, 0.717) is 11.7 Å². The molecular weight excluding hydrogens is 312 g/mol. The molecule has 0 aromatic carbocycles. The second-order valence-electron chi connectivity index (χ2n) is 5.46. The molecule has 0 aliphatic carbocycles. The highest BCUT2D eigenvalue weighted by atomic mass is 32.1. The lowest BCUT2D eigenvalue weighted by molar-refractivity contribution is 0.251. The molecule has 2 N–H and O–H groups in total. The molecular formula is C15H20N6OS. The summed E-state index contributed by atoms with van der Waals surface area (Å²) in [5.41, 5.74) is 1.03. The Hall–Kier alpha value is -2.19. The lowest BCUT2D eigenvalue weighted by Crippen LogP contribution is -2.44. The van der Waals surface area contributed by atoms with E-state index in [-0.39, 0.29) is 6.03 Å². The van der Waals surface area contributed by atoms with Gasteiger partial charge in [0.15, 0.2) is 5.13 Å². The molecule has 1 aliphatic heterocycles. The molecule has 3 rings (SSSR count). The fraction of sp³-hybridized carbons (Fsp3) is 0.400. The third-order valence-electron chi connectivity index (χ3n) is 3.74. The number of hydrogen-bond donors (Lipinski definition) is 2. The molecule has 1 aliphatic rings. The summed E-state index contributed by atoms with van der Waals surface area (Å²) in [4.78, 5) is 24.9. The molecule has 1 fully saturated rings. The number of likely N-dealkylation sites (N-methyl/N-ethyl adjacent to an activating group) is 1. The molecule has 0 bridgehead atoms. The highest BCUT2D eigenvalue weighted by Gasteiger charge is 2.15. The number of carbonyl (C=O) groups excluding carboxylic acids is 1. The van der Waals surface area contributed by atoms with Crippen LogP contribution >= 0.6 is 11.3 Å². The fourth-order valence-corrected chi connectivity index (χ4v) is 2.91. The summed E-state index contributed by atoms with van der Waals surface area (Å²) in [7, 11) is 2.13. The van der Waals surface area contributed by atoms with Crippen molar-refractivity contribution in [2.45, 2.75) is 6.54 Å². The SMILES string of the molecule is CN1CCN(c2cc(CNC(=O)Nc3nccs3)ccn2)CC1. The fourth-order valence-electron chi connectivity index (χ4n) is 2.39.